The average molecular weight is 819 g/mol. The summed E-state index contributed by atoms with van der Waals surface area (Å²) in [5.41, 5.74) is 12.5. The van der Waals surface area contributed by atoms with Crippen LogP contribution in [0.4, 0.5) is 0 Å². The largest absolute Gasteiger partial charge is 0.507 e. The third kappa shape index (κ3) is 9.76. The first-order chi connectivity index (χ1) is 27.2. The van der Waals surface area contributed by atoms with Crippen molar-refractivity contribution < 1.29 is 15.3 Å². The minimum absolute atomic E-state index is 0.177. The number of hydrogen-bond acceptors (Lipinski definition) is 3. The summed E-state index contributed by atoms with van der Waals surface area (Å²) in [4.78, 5) is 0. The summed E-state index contributed by atoms with van der Waals surface area (Å²) in [6, 6.07) is 13.7. The maximum Gasteiger partial charge on any atom is 0.123 e. The minimum Gasteiger partial charge on any atom is -0.507 e. The number of phenolic OH excluding ortho intramolecular Hbond substituents is 3. The molecule has 0 aromatic heterocycles. The van der Waals surface area contributed by atoms with Crippen molar-refractivity contribution in [2.75, 3.05) is 0 Å². The van der Waals surface area contributed by atoms with Crippen LogP contribution in [-0.2, 0) is 51.8 Å². The highest BCUT2D eigenvalue weighted by Gasteiger charge is 2.41. The van der Waals surface area contributed by atoms with Crippen molar-refractivity contribution in [3.05, 3.63) is 109 Å². The molecule has 1 aliphatic carbocycles. The molecule has 332 valence electrons. The van der Waals surface area contributed by atoms with E-state index in [0.29, 0.717) is 17.2 Å². The Kier molecular flexibility index (Phi) is 13.7. The van der Waals surface area contributed by atoms with Gasteiger partial charge in [0.25, 0.3) is 0 Å². The van der Waals surface area contributed by atoms with Gasteiger partial charge in [0.1, 0.15) is 17.2 Å². The van der Waals surface area contributed by atoms with Crippen molar-refractivity contribution in [1.29, 1.82) is 0 Å². The highest BCUT2D eigenvalue weighted by molar-refractivity contribution is 5.55. The third-order valence-electron chi connectivity index (χ3n) is 15.4. The molecule has 3 aromatic rings. The van der Waals surface area contributed by atoms with Crippen molar-refractivity contribution in [3.8, 4) is 17.2 Å². The molecule has 0 spiro atoms. The molecule has 0 amide bonds. The van der Waals surface area contributed by atoms with Crippen molar-refractivity contribution in [2.45, 2.75) is 216 Å². The maximum atomic E-state index is 11.8. The second-order valence-corrected chi connectivity index (χ2v) is 24.1. The van der Waals surface area contributed by atoms with E-state index < -0.39 is 0 Å². The van der Waals surface area contributed by atoms with Gasteiger partial charge in [-0.3, -0.25) is 0 Å². The predicted octanol–water partition coefficient (Wildman–Crippen LogP) is 15.7. The molecule has 0 heterocycles. The van der Waals surface area contributed by atoms with Crippen molar-refractivity contribution in [1.82, 2.24) is 0 Å². The second-order valence-electron chi connectivity index (χ2n) is 24.1. The third-order valence-corrected chi connectivity index (χ3v) is 15.4. The van der Waals surface area contributed by atoms with Gasteiger partial charge in [-0.1, -0.05) is 192 Å². The van der Waals surface area contributed by atoms with Crippen molar-refractivity contribution >= 4 is 0 Å². The van der Waals surface area contributed by atoms with Crippen LogP contribution in [0, 0.1) is 11.3 Å². The van der Waals surface area contributed by atoms with Crippen LogP contribution >= 0.6 is 0 Å². The Balaban J connectivity index is 2.05. The molecule has 60 heavy (non-hydrogen) atoms. The van der Waals surface area contributed by atoms with E-state index in [1.165, 1.54) is 33.4 Å². The Labute approximate surface area is 368 Å². The lowest BCUT2D eigenvalue weighted by Crippen LogP contribution is -2.35. The van der Waals surface area contributed by atoms with Gasteiger partial charge in [0.2, 0.25) is 0 Å². The molecular formula is C57H86O3. The van der Waals surface area contributed by atoms with E-state index in [0.717, 1.165) is 71.9 Å². The number of allylic oxidation sites excluding steroid dienone is 4. The summed E-state index contributed by atoms with van der Waals surface area (Å²) in [5, 5.41) is 35.4. The Morgan fingerprint density at radius 3 is 1.12 bits per heavy atom. The fraction of sp³-hybridized carbons (Fsp3) is 0.614. The molecule has 4 rings (SSSR count). The molecule has 3 aromatic carbocycles. The van der Waals surface area contributed by atoms with Gasteiger partial charge >= 0.3 is 0 Å². The van der Waals surface area contributed by atoms with Crippen LogP contribution in [0.5, 0.6) is 17.2 Å². The Bertz CT molecular complexity index is 2130. The van der Waals surface area contributed by atoms with Crippen molar-refractivity contribution in [3.63, 3.8) is 0 Å². The van der Waals surface area contributed by atoms with Gasteiger partial charge in [-0.25, -0.2) is 0 Å². The first-order valence-corrected chi connectivity index (χ1v) is 23.2. The van der Waals surface area contributed by atoms with E-state index in [4.69, 9.17) is 0 Å². The fourth-order valence-electron chi connectivity index (χ4n) is 9.33. The molecule has 0 aliphatic heterocycles. The van der Waals surface area contributed by atoms with Crippen LogP contribution < -0.4 is 0 Å². The lowest BCUT2D eigenvalue weighted by molar-refractivity contribution is 0.277. The first-order valence-electron chi connectivity index (χ1n) is 23.2. The van der Waals surface area contributed by atoms with E-state index in [1.807, 2.05) is 0 Å². The normalized spacial score (nSPS) is 18.6. The number of rotatable bonds is 12. The monoisotopic (exact) mass is 819 g/mol. The lowest BCUT2D eigenvalue weighted by atomic mass is 9.60. The fourth-order valence-corrected chi connectivity index (χ4v) is 9.33. The highest BCUT2D eigenvalue weighted by atomic mass is 16.3. The van der Waals surface area contributed by atoms with Crippen LogP contribution in [0.1, 0.15) is 215 Å². The summed E-state index contributed by atoms with van der Waals surface area (Å²) in [6.45, 7) is 47.2. The lowest BCUT2D eigenvalue weighted by Gasteiger charge is -2.44. The summed E-state index contributed by atoms with van der Waals surface area (Å²) < 4.78 is 0. The van der Waals surface area contributed by atoms with Crippen molar-refractivity contribution in [2.24, 2.45) is 11.3 Å². The molecule has 2 atom stereocenters. The number of hydrogen-bond donors (Lipinski definition) is 3. The molecule has 0 fully saturated rings. The van der Waals surface area contributed by atoms with E-state index in [1.54, 1.807) is 0 Å². The topological polar surface area (TPSA) is 60.7 Å². The SMILES string of the molecule is CCC(C)(C)c1cc(CC2=CC(Cc3cc(C(C)(C)C)c(O)c(C(C)(C)CC)c3)=C(C)C(C)(Cc3cc(C(C)(C)C)c(O)c(C(C)(C)CC)c3)C2C)cc(C(C)(C)C)c1O. The maximum absolute atomic E-state index is 11.8. The minimum atomic E-state index is -0.232. The smallest absolute Gasteiger partial charge is 0.123 e. The summed E-state index contributed by atoms with van der Waals surface area (Å²) >= 11 is 0. The van der Waals surface area contributed by atoms with E-state index in [2.05, 4.69) is 188 Å². The van der Waals surface area contributed by atoms with Gasteiger partial charge in [-0.2, -0.15) is 0 Å². The zero-order chi connectivity index (χ0) is 45.9. The second kappa shape index (κ2) is 16.7. The molecule has 0 radical (unpaired) electrons. The van der Waals surface area contributed by atoms with Gasteiger partial charge in [-0.05, 0) is 128 Å². The quantitative estimate of drug-likeness (QED) is 0.171. The van der Waals surface area contributed by atoms with Gasteiger partial charge in [0.05, 0.1) is 0 Å². The zero-order valence-electron chi connectivity index (χ0n) is 42.2. The molecule has 3 heteroatoms. The number of aromatic hydroxyl groups is 3. The first kappa shape index (κ1) is 49.2. The Morgan fingerprint density at radius 1 is 0.483 bits per heavy atom. The molecule has 3 N–H and O–H groups in total. The summed E-state index contributed by atoms with van der Waals surface area (Å²) in [5.74, 6) is 1.52. The van der Waals surface area contributed by atoms with E-state index in [-0.39, 0.29) is 43.8 Å². The van der Waals surface area contributed by atoms with Gasteiger partial charge < -0.3 is 15.3 Å². The molecule has 1 aliphatic rings. The van der Waals surface area contributed by atoms with Crippen LogP contribution in [0.2, 0.25) is 0 Å². The van der Waals surface area contributed by atoms with Crippen LogP contribution in [0.3, 0.4) is 0 Å². The average Bonchev–Trinajstić information content (AvgIpc) is 3.13. The number of benzene rings is 3. The number of phenols is 3. The van der Waals surface area contributed by atoms with Gasteiger partial charge in [0, 0.05) is 16.7 Å². The molecule has 0 saturated heterocycles. The zero-order valence-corrected chi connectivity index (χ0v) is 42.2. The summed E-state index contributed by atoms with van der Waals surface area (Å²) in [7, 11) is 0. The molecule has 2 unspecified atom stereocenters. The molecule has 0 saturated carbocycles. The summed E-state index contributed by atoms with van der Waals surface area (Å²) in [6.07, 6.45) is 7.68. The van der Waals surface area contributed by atoms with Crippen LogP contribution in [0.15, 0.2) is 59.2 Å². The predicted molar refractivity (Wildman–Crippen MR) is 260 cm³/mol. The van der Waals surface area contributed by atoms with E-state index >= 15 is 0 Å². The van der Waals surface area contributed by atoms with Gasteiger partial charge in [0.15, 0.2) is 0 Å². The molecule has 3 nitrogen and oxygen atoms in total. The Morgan fingerprint density at radius 2 is 0.783 bits per heavy atom. The standard InChI is InChI=1S/C57H86O3/c1-22-54(15,16)45-29-37(27-42(48(45)58)51(6,7)8)25-40-33-41(26-38-28-43(52(9,10)11)49(59)46(30-38)55(17,18)23-2)36(5)57(21,35(40)4)34-39-31-44(53(12,13)14)50(60)47(32-39)56(19,20)24-3/h27-33,35,58-60H,22-26,34H2,1-21H3. The Hall–Kier alpha value is -3.46. The molecular weight excluding hydrogens is 733 g/mol. The van der Waals surface area contributed by atoms with Crippen LogP contribution in [-0.4, -0.2) is 15.3 Å². The van der Waals surface area contributed by atoms with E-state index in [9.17, 15) is 15.3 Å². The highest BCUT2D eigenvalue weighted by Crippen LogP contribution is 2.51. The van der Waals surface area contributed by atoms with Crippen LogP contribution in [0.25, 0.3) is 0 Å². The molecule has 0 bridgehead atoms. The van der Waals surface area contributed by atoms with Gasteiger partial charge in [-0.15, -0.1) is 0 Å².